The maximum atomic E-state index is 10.7. The molecule has 11 heavy (non-hydrogen) atoms. The lowest BCUT2D eigenvalue weighted by molar-refractivity contribution is 1.15. The number of aromatic nitrogens is 1. The molecule has 0 saturated carbocycles. The van der Waals surface area contributed by atoms with E-state index in [1.54, 1.807) is 0 Å². The van der Waals surface area contributed by atoms with Crippen molar-refractivity contribution >= 4 is 11.6 Å². The van der Waals surface area contributed by atoms with Gasteiger partial charge in [0.1, 0.15) is 5.02 Å². The molecule has 1 aromatic rings. The quantitative estimate of drug-likeness (QED) is 0.683. The van der Waals surface area contributed by atoms with Gasteiger partial charge in [0.15, 0.2) is 0 Å². The lowest BCUT2D eigenvalue weighted by Crippen LogP contribution is -2.05. The van der Waals surface area contributed by atoms with E-state index in [1.807, 2.05) is 6.07 Å². The Kier molecular flexibility index (Phi) is 2.29. The second-order valence-corrected chi connectivity index (χ2v) is 2.43. The van der Waals surface area contributed by atoms with Gasteiger partial charge in [-0.3, -0.25) is 4.79 Å². The molecule has 0 bridgehead atoms. The Morgan fingerprint density at radius 2 is 2.45 bits per heavy atom. The fraction of sp³-hybridized carbons (Fsp3) is 0.143. The van der Waals surface area contributed by atoms with Crippen LogP contribution in [0.2, 0.25) is 5.02 Å². The van der Waals surface area contributed by atoms with E-state index in [9.17, 15) is 4.79 Å². The van der Waals surface area contributed by atoms with Crippen molar-refractivity contribution in [3.63, 3.8) is 0 Å². The zero-order valence-electron chi connectivity index (χ0n) is 5.60. The molecular weight excluding hydrogens is 164 g/mol. The highest BCUT2D eigenvalue weighted by atomic mass is 35.5. The minimum atomic E-state index is -0.326. The van der Waals surface area contributed by atoms with Crippen LogP contribution in [-0.4, -0.2) is 4.98 Å². The van der Waals surface area contributed by atoms with Crippen molar-refractivity contribution in [2.45, 2.75) is 6.42 Å². The minimum Gasteiger partial charge on any atom is -0.328 e. The first kappa shape index (κ1) is 7.83. The summed E-state index contributed by atoms with van der Waals surface area (Å²) in [5.74, 6) is 0. The van der Waals surface area contributed by atoms with Crippen molar-refractivity contribution in [2.24, 2.45) is 0 Å². The van der Waals surface area contributed by atoms with Gasteiger partial charge in [-0.25, -0.2) is 0 Å². The van der Waals surface area contributed by atoms with Crippen LogP contribution < -0.4 is 5.56 Å². The third-order valence-corrected chi connectivity index (χ3v) is 1.48. The number of hydrogen-bond donors (Lipinski definition) is 1. The maximum absolute atomic E-state index is 10.7. The molecule has 0 atom stereocenters. The Labute approximate surface area is 68.2 Å². The summed E-state index contributed by atoms with van der Waals surface area (Å²) in [6.07, 6.45) is 1.74. The molecule has 0 unspecified atom stereocenters. The summed E-state index contributed by atoms with van der Waals surface area (Å²) >= 11 is 5.50. The fourth-order valence-electron chi connectivity index (χ4n) is 0.691. The zero-order chi connectivity index (χ0) is 8.27. The van der Waals surface area contributed by atoms with E-state index in [-0.39, 0.29) is 17.0 Å². The molecule has 1 heterocycles. The first-order valence-electron chi connectivity index (χ1n) is 2.98. The zero-order valence-corrected chi connectivity index (χ0v) is 6.35. The molecule has 4 heteroatoms. The molecule has 0 aliphatic rings. The summed E-state index contributed by atoms with van der Waals surface area (Å²) in [5, 5.41) is 8.42. The molecular formula is C7H5ClN2O. The summed E-state index contributed by atoms with van der Waals surface area (Å²) in [7, 11) is 0. The highest BCUT2D eigenvalue weighted by Crippen LogP contribution is 2.03. The average Bonchev–Trinajstić information content (AvgIpc) is 1.98. The molecule has 0 aliphatic heterocycles. The Morgan fingerprint density at radius 1 is 1.73 bits per heavy atom. The normalized spacial score (nSPS) is 9.09. The first-order valence-corrected chi connectivity index (χ1v) is 3.36. The van der Waals surface area contributed by atoms with Crippen molar-refractivity contribution in [3.05, 3.63) is 33.2 Å². The molecule has 0 amide bonds. The molecule has 56 valence electrons. The topological polar surface area (TPSA) is 56.6 Å². The Hall–Kier alpha value is -1.27. The summed E-state index contributed by atoms with van der Waals surface area (Å²) in [5.41, 5.74) is 0.394. The number of rotatable bonds is 1. The number of hydrogen-bond acceptors (Lipinski definition) is 2. The lowest BCUT2D eigenvalue weighted by atomic mass is 10.2. The molecule has 1 aromatic heterocycles. The van der Waals surface area contributed by atoms with E-state index in [0.717, 1.165) is 5.56 Å². The Morgan fingerprint density at radius 3 is 3.00 bits per heavy atom. The standard InChI is InChI=1S/C7H5ClN2O/c8-6-3-5(1-2-9)4-10-7(6)11/h3-4H,1H2,(H,10,11). The number of nitriles is 1. The van der Waals surface area contributed by atoms with Crippen molar-refractivity contribution in [3.8, 4) is 6.07 Å². The third-order valence-electron chi connectivity index (χ3n) is 1.20. The van der Waals surface area contributed by atoms with E-state index in [4.69, 9.17) is 16.9 Å². The first-order chi connectivity index (χ1) is 5.24. The van der Waals surface area contributed by atoms with Crippen LogP contribution in [0.25, 0.3) is 0 Å². The Bertz CT molecular complexity index is 350. The largest absolute Gasteiger partial charge is 0.328 e. The summed E-state index contributed by atoms with van der Waals surface area (Å²) in [6.45, 7) is 0. The van der Waals surface area contributed by atoms with Crippen LogP contribution in [0.1, 0.15) is 5.56 Å². The maximum Gasteiger partial charge on any atom is 0.266 e. The van der Waals surface area contributed by atoms with Gasteiger partial charge in [-0.2, -0.15) is 5.26 Å². The number of pyridine rings is 1. The lowest BCUT2D eigenvalue weighted by Gasteiger charge is -1.92. The molecule has 1 N–H and O–H groups in total. The minimum absolute atomic E-state index is 0.123. The van der Waals surface area contributed by atoms with E-state index < -0.39 is 0 Å². The van der Waals surface area contributed by atoms with Gasteiger partial charge in [-0.15, -0.1) is 0 Å². The second-order valence-electron chi connectivity index (χ2n) is 2.02. The number of nitrogens with one attached hydrogen (secondary N) is 1. The van der Waals surface area contributed by atoms with Crippen LogP contribution in [-0.2, 0) is 6.42 Å². The van der Waals surface area contributed by atoms with Crippen molar-refractivity contribution in [2.75, 3.05) is 0 Å². The Balaban J connectivity index is 3.07. The van der Waals surface area contributed by atoms with Crippen LogP contribution in [0.3, 0.4) is 0 Å². The van der Waals surface area contributed by atoms with Crippen LogP contribution in [0.5, 0.6) is 0 Å². The van der Waals surface area contributed by atoms with Crippen LogP contribution in [0.15, 0.2) is 17.1 Å². The van der Waals surface area contributed by atoms with Gasteiger partial charge < -0.3 is 4.98 Å². The smallest absolute Gasteiger partial charge is 0.266 e. The molecule has 0 aliphatic carbocycles. The van der Waals surface area contributed by atoms with Crippen molar-refractivity contribution < 1.29 is 0 Å². The van der Waals surface area contributed by atoms with Gasteiger partial charge in [-0.1, -0.05) is 11.6 Å². The van der Waals surface area contributed by atoms with Crippen LogP contribution >= 0.6 is 11.6 Å². The number of H-pyrrole nitrogens is 1. The van der Waals surface area contributed by atoms with Gasteiger partial charge in [0, 0.05) is 6.20 Å². The average molecular weight is 169 g/mol. The van der Waals surface area contributed by atoms with E-state index in [0.29, 0.717) is 0 Å². The molecule has 0 fully saturated rings. The molecule has 0 aromatic carbocycles. The summed E-state index contributed by atoms with van der Waals surface area (Å²) in [4.78, 5) is 13.1. The van der Waals surface area contributed by atoms with Crippen molar-refractivity contribution in [1.82, 2.24) is 4.98 Å². The molecule has 0 spiro atoms. The predicted octanol–water partition coefficient (Wildman–Crippen LogP) is 1.09. The van der Waals surface area contributed by atoms with E-state index in [2.05, 4.69) is 4.98 Å². The van der Waals surface area contributed by atoms with Gasteiger partial charge in [0.05, 0.1) is 12.5 Å². The van der Waals surface area contributed by atoms with E-state index >= 15 is 0 Å². The van der Waals surface area contributed by atoms with E-state index in [1.165, 1.54) is 12.3 Å². The number of halogens is 1. The molecule has 1 rings (SSSR count). The third kappa shape index (κ3) is 1.82. The van der Waals surface area contributed by atoms with Crippen LogP contribution in [0, 0.1) is 11.3 Å². The molecule has 0 saturated heterocycles. The second kappa shape index (κ2) is 3.22. The highest BCUT2D eigenvalue weighted by Gasteiger charge is 1.96. The van der Waals surface area contributed by atoms with Gasteiger partial charge in [0.2, 0.25) is 0 Å². The predicted molar refractivity (Wildman–Crippen MR) is 41.4 cm³/mol. The molecule has 0 radical (unpaired) electrons. The summed E-state index contributed by atoms with van der Waals surface area (Å²) < 4.78 is 0. The fourth-order valence-corrected chi connectivity index (χ4v) is 0.885. The molecule has 3 nitrogen and oxygen atoms in total. The summed E-state index contributed by atoms with van der Waals surface area (Å²) in [6, 6.07) is 3.44. The van der Waals surface area contributed by atoms with Crippen molar-refractivity contribution in [1.29, 1.82) is 5.26 Å². The highest BCUT2D eigenvalue weighted by molar-refractivity contribution is 6.30. The monoisotopic (exact) mass is 168 g/mol. The van der Waals surface area contributed by atoms with Gasteiger partial charge in [0.25, 0.3) is 5.56 Å². The number of nitrogens with zero attached hydrogens (tertiary/aromatic N) is 1. The van der Waals surface area contributed by atoms with Gasteiger partial charge in [-0.05, 0) is 11.6 Å². The SMILES string of the molecule is N#CCc1c[nH]c(=O)c(Cl)c1. The van der Waals surface area contributed by atoms with Gasteiger partial charge >= 0.3 is 0 Å². The van der Waals surface area contributed by atoms with Crippen LogP contribution in [0.4, 0.5) is 0 Å². The number of aromatic amines is 1.